The molecule has 26 heavy (non-hydrogen) atoms. The van der Waals surface area contributed by atoms with Crippen LogP contribution in [-0.2, 0) is 0 Å². The van der Waals surface area contributed by atoms with Crippen LogP contribution in [0.25, 0.3) is 0 Å². The maximum Gasteiger partial charge on any atom is 0.274 e. The van der Waals surface area contributed by atoms with Gasteiger partial charge in [-0.1, -0.05) is 17.7 Å². The Labute approximate surface area is 153 Å². The van der Waals surface area contributed by atoms with Crippen molar-refractivity contribution in [3.63, 3.8) is 0 Å². The summed E-state index contributed by atoms with van der Waals surface area (Å²) in [6.45, 7) is 1.79. The molecule has 5 nitrogen and oxygen atoms in total. The largest absolute Gasteiger partial charge is 0.340 e. The van der Waals surface area contributed by atoms with E-state index >= 15 is 0 Å². The van der Waals surface area contributed by atoms with E-state index in [1.54, 1.807) is 25.1 Å². The summed E-state index contributed by atoms with van der Waals surface area (Å²) >= 11 is 6.04. The number of nitrogens with one attached hydrogen (secondary N) is 2. The Bertz CT molecular complexity index is 981. The van der Waals surface area contributed by atoms with Crippen LogP contribution in [0.5, 0.6) is 0 Å². The fraction of sp³-hybridized carbons (Fsp3) is 0.0556. The van der Waals surface area contributed by atoms with Crippen molar-refractivity contribution in [2.24, 2.45) is 0 Å². The third-order valence-corrected chi connectivity index (χ3v) is 4.02. The second-order valence-corrected chi connectivity index (χ2v) is 5.82. The van der Waals surface area contributed by atoms with Gasteiger partial charge >= 0.3 is 0 Å². The molecule has 1 heterocycles. The highest BCUT2D eigenvalue weighted by atomic mass is 35.5. The predicted octanol–water partition coefficient (Wildman–Crippen LogP) is 4.71. The number of aromatic nitrogens is 2. The zero-order chi connectivity index (χ0) is 18.7. The standard InChI is InChI=1S/C18H13ClF2N4O/c1-10-12(19)3-2-4-15(10)25-18(26)16-8-17(23-9-22-16)24-11-5-6-13(20)14(21)7-11/h2-9H,1H3,(H,25,26)(H,22,23,24). The third kappa shape index (κ3) is 3.94. The van der Waals surface area contributed by atoms with Crippen LogP contribution in [-0.4, -0.2) is 15.9 Å². The first-order valence-electron chi connectivity index (χ1n) is 7.54. The molecule has 0 spiro atoms. The van der Waals surface area contributed by atoms with Crippen LogP contribution in [0.1, 0.15) is 16.1 Å². The Morgan fingerprint density at radius 1 is 1.08 bits per heavy atom. The van der Waals surface area contributed by atoms with E-state index in [1.165, 1.54) is 18.5 Å². The fourth-order valence-electron chi connectivity index (χ4n) is 2.20. The molecule has 1 aromatic heterocycles. The van der Waals surface area contributed by atoms with Crippen molar-refractivity contribution in [1.29, 1.82) is 0 Å². The lowest BCUT2D eigenvalue weighted by Gasteiger charge is -2.10. The van der Waals surface area contributed by atoms with Gasteiger partial charge in [-0.15, -0.1) is 0 Å². The first-order valence-corrected chi connectivity index (χ1v) is 7.92. The Morgan fingerprint density at radius 3 is 2.65 bits per heavy atom. The zero-order valence-electron chi connectivity index (χ0n) is 13.6. The number of hydrogen-bond donors (Lipinski definition) is 2. The van der Waals surface area contributed by atoms with Crippen molar-refractivity contribution >= 4 is 34.7 Å². The molecule has 0 unspecified atom stereocenters. The maximum absolute atomic E-state index is 13.3. The molecule has 3 aromatic rings. The van der Waals surface area contributed by atoms with Crippen LogP contribution >= 0.6 is 11.6 Å². The van der Waals surface area contributed by atoms with E-state index < -0.39 is 17.5 Å². The minimum Gasteiger partial charge on any atom is -0.340 e. The van der Waals surface area contributed by atoms with Crippen molar-refractivity contribution in [3.8, 4) is 0 Å². The molecule has 0 aliphatic rings. The molecule has 1 amide bonds. The summed E-state index contributed by atoms with van der Waals surface area (Å²) in [5, 5.41) is 6.05. The normalized spacial score (nSPS) is 10.5. The lowest BCUT2D eigenvalue weighted by molar-refractivity contribution is 0.102. The smallest absolute Gasteiger partial charge is 0.274 e. The molecule has 132 valence electrons. The Hall–Kier alpha value is -3.06. The van der Waals surface area contributed by atoms with Crippen LogP contribution < -0.4 is 10.6 Å². The number of nitrogens with zero attached hydrogens (tertiary/aromatic N) is 2. The molecule has 0 radical (unpaired) electrons. The summed E-state index contributed by atoms with van der Waals surface area (Å²) in [5.74, 6) is -2.13. The first kappa shape index (κ1) is 17.8. The van der Waals surface area contributed by atoms with Crippen LogP contribution in [0.2, 0.25) is 5.02 Å². The SMILES string of the molecule is Cc1c(Cl)cccc1NC(=O)c1cc(Nc2ccc(F)c(F)c2)ncn1. The minimum atomic E-state index is -0.988. The molecule has 2 N–H and O–H groups in total. The van der Waals surface area contributed by atoms with Gasteiger partial charge < -0.3 is 10.6 Å². The Morgan fingerprint density at radius 2 is 1.88 bits per heavy atom. The van der Waals surface area contributed by atoms with E-state index in [2.05, 4.69) is 20.6 Å². The van der Waals surface area contributed by atoms with Gasteiger partial charge in [-0.2, -0.15) is 0 Å². The molecule has 0 bridgehead atoms. The van der Waals surface area contributed by atoms with Crippen molar-refractivity contribution < 1.29 is 13.6 Å². The summed E-state index contributed by atoms with van der Waals surface area (Å²) in [5.41, 5.74) is 1.69. The number of hydrogen-bond acceptors (Lipinski definition) is 4. The summed E-state index contributed by atoms with van der Waals surface area (Å²) in [4.78, 5) is 20.3. The molecule has 0 aliphatic carbocycles. The molecule has 0 atom stereocenters. The molecule has 0 saturated heterocycles. The van der Waals surface area contributed by atoms with E-state index in [0.29, 0.717) is 16.4 Å². The van der Waals surface area contributed by atoms with Crippen LogP contribution in [0.15, 0.2) is 48.8 Å². The summed E-state index contributed by atoms with van der Waals surface area (Å²) in [6, 6.07) is 9.91. The van der Waals surface area contributed by atoms with Gasteiger partial charge in [0.2, 0.25) is 0 Å². The quantitative estimate of drug-likeness (QED) is 0.694. The van der Waals surface area contributed by atoms with Crippen molar-refractivity contribution in [2.45, 2.75) is 6.92 Å². The molecule has 3 rings (SSSR count). The van der Waals surface area contributed by atoms with Gasteiger partial charge in [-0.05, 0) is 36.8 Å². The third-order valence-electron chi connectivity index (χ3n) is 3.61. The molecular formula is C18H13ClF2N4O. The van der Waals surface area contributed by atoms with Crippen LogP contribution in [0.3, 0.4) is 0 Å². The Balaban J connectivity index is 1.79. The number of rotatable bonds is 4. The van der Waals surface area contributed by atoms with Gasteiger partial charge in [-0.3, -0.25) is 4.79 Å². The monoisotopic (exact) mass is 374 g/mol. The molecule has 0 aliphatic heterocycles. The highest BCUT2D eigenvalue weighted by molar-refractivity contribution is 6.31. The number of carbonyl (C=O) groups excluding carboxylic acids is 1. The topological polar surface area (TPSA) is 66.9 Å². The average molecular weight is 375 g/mol. The number of amides is 1. The molecular weight excluding hydrogens is 362 g/mol. The molecule has 0 fully saturated rings. The summed E-state index contributed by atoms with van der Waals surface area (Å²) in [6.07, 6.45) is 1.20. The highest BCUT2D eigenvalue weighted by Crippen LogP contribution is 2.23. The number of benzene rings is 2. The Kier molecular flexibility index (Phi) is 5.09. The minimum absolute atomic E-state index is 0.101. The van der Waals surface area contributed by atoms with E-state index in [4.69, 9.17) is 11.6 Å². The van der Waals surface area contributed by atoms with Crippen molar-refractivity contribution in [2.75, 3.05) is 10.6 Å². The van der Waals surface area contributed by atoms with E-state index in [-0.39, 0.29) is 11.5 Å². The number of anilines is 3. The van der Waals surface area contributed by atoms with Crippen LogP contribution in [0.4, 0.5) is 26.0 Å². The lowest BCUT2D eigenvalue weighted by Crippen LogP contribution is -2.15. The van der Waals surface area contributed by atoms with Gasteiger partial charge in [-0.25, -0.2) is 18.7 Å². The molecule has 0 saturated carbocycles. The van der Waals surface area contributed by atoms with Gasteiger partial charge in [0.25, 0.3) is 5.91 Å². The van der Waals surface area contributed by atoms with E-state index in [1.807, 2.05) is 0 Å². The zero-order valence-corrected chi connectivity index (χ0v) is 14.3. The fourth-order valence-corrected chi connectivity index (χ4v) is 2.38. The van der Waals surface area contributed by atoms with Crippen LogP contribution in [0, 0.1) is 18.6 Å². The molecule has 8 heteroatoms. The molecule has 2 aromatic carbocycles. The summed E-state index contributed by atoms with van der Waals surface area (Å²) < 4.78 is 26.3. The second kappa shape index (κ2) is 7.45. The maximum atomic E-state index is 13.3. The lowest BCUT2D eigenvalue weighted by atomic mass is 10.2. The van der Waals surface area contributed by atoms with Gasteiger partial charge in [0.1, 0.15) is 17.8 Å². The second-order valence-electron chi connectivity index (χ2n) is 5.41. The number of carbonyl (C=O) groups is 1. The van der Waals surface area contributed by atoms with Gasteiger partial charge in [0.15, 0.2) is 11.6 Å². The van der Waals surface area contributed by atoms with Crippen molar-refractivity contribution in [3.05, 3.63) is 76.7 Å². The summed E-state index contributed by atoms with van der Waals surface area (Å²) in [7, 11) is 0. The van der Waals surface area contributed by atoms with Crippen molar-refractivity contribution in [1.82, 2.24) is 9.97 Å². The van der Waals surface area contributed by atoms with Gasteiger partial charge in [0, 0.05) is 28.5 Å². The predicted molar refractivity (Wildman–Crippen MR) is 95.8 cm³/mol. The van der Waals surface area contributed by atoms with E-state index in [0.717, 1.165) is 17.7 Å². The highest BCUT2D eigenvalue weighted by Gasteiger charge is 2.12. The van der Waals surface area contributed by atoms with E-state index in [9.17, 15) is 13.6 Å². The number of halogens is 3. The first-order chi connectivity index (χ1) is 12.4. The average Bonchev–Trinajstić information content (AvgIpc) is 2.62. The van der Waals surface area contributed by atoms with Gasteiger partial charge in [0.05, 0.1) is 0 Å².